The van der Waals surface area contributed by atoms with Gasteiger partial charge in [0.1, 0.15) is 6.04 Å². The smallest absolute Gasteiger partial charge is 0.320 e. The Labute approximate surface area is 116 Å². The van der Waals surface area contributed by atoms with Crippen molar-refractivity contribution in [2.45, 2.75) is 64.0 Å². The summed E-state index contributed by atoms with van der Waals surface area (Å²) in [6.45, 7) is 6.75. The molecule has 0 aliphatic carbocycles. The minimum atomic E-state index is -0.622. The lowest BCUT2D eigenvalue weighted by molar-refractivity contribution is -0.143. The van der Waals surface area contributed by atoms with Crippen LogP contribution in [0.3, 0.4) is 0 Å². The number of carboxylic acid groups (broad SMARTS) is 1. The summed E-state index contributed by atoms with van der Waals surface area (Å²) < 4.78 is 0. The van der Waals surface area contributed by atoms with Gasteiger partial charge in [-0.05, 0) is 58.3 Å². The molecule has 2 heterocycles. The maximum absolute atomic E-state index is 11.2. The zero-order valence-electron chi connectivity index (χ0n) is 12.2. The zero-order chi connectivity index (χ0) is 13.7. The molecule has 1 atom stereocenters. The van der Waals surface area contributed by atoms with Gasteiger partial charge in [0, 0.05) is 6.04 Å². The highest BCUT2D eigenvalue weighted by molar-refractivity contribution is 5.73. The second kappa shape index (κ2) is 7.25. The predicted octanol–water partition coefficient (Wildman–Crippen LogP) is 2.19. The molecule has 2 saturated heterocycles. The van der Waals surface area contributed by atoms with Gasteiger partial charge >= 0.3 is 5.97 Å². The van der Waals surface area contributed by atoms with Crippen molar-refractivity contribution in [3.8, 4) is 0 Å². The molecule has 0 aromatic rings. The molecule has 2 rings (SSSR count). The third-order valence-corrected chi connectivity index (χ3v) is 4.68. The van der Waals surface area contributed by atoms with E-state index in [-0.39, 0.29) is 6.04 Å². The monoisotopic (exact) mass is 268 g/mol. The number of carboxylic acids is 1. The third kappa shape index (κ3) is 3.93. The van der Waals surface area contributed by atoms with Crippen molar-refractivity contribution in [1.82, 2.24) is 9.80 Å². The molecule has 110 valence electrons. The van der Waals surface area contributed by atoms with Crippen LogP contribution in [-0.2, 0) is 4.79 Å². The van der Waals surface area contributed by atoms with E-state index in [0.29, 0.717) is 6.04 Å². The Morgan fingerprint density at radius 2 is 1.89 bits per heavy atom. The molecule has 0 bridgehead atoms. The van der Waals surface area contributed by atoms with E-state index in [2.05, 4.69) is 16.7 Å². The number of likely N-dealkylation sites (tertiary alicyclic amines) is 2. The molecule has 0 aromatic heterocycles. The van der Waals surface area contributed by atoms with Crippen LogP contribution in [0.25, 0.3) is 0 Å². The maximum atomic E-state index is 11.2. The predicted molar refractivity (Wildman–Crippen MR) is 76.4 cm³/mol. The normalized spacial score (nSPS) is 26.9. The van der Waals surface area contributed by atoms with E-state index in [9.17, 15) is 9.90 Å². The van der Waals surface area contributed by atoms with Gasteiger partial charge in [0.25, 0.3) is 0 Å². The van der Waals surface area contributed by atoms with E-state index in [4.69, 9.17) is 0 Å². The zero-order valence-corrected chi connectivity index (χ0v) is 12.2. The van der Waals surface area contributed by atoms with Crippen molar-refractivity contribution in [2.24, 2.45) is 0 Å². The Bertz CT molecular complexity index is 288. The highest BCUT2D eigenvalue weighted by atomic mass is 16.4. The molecule has 0 spiro atoms. The van der Waals surface area contributed by atoms with E-state index >= 15 is 0 Å². The highest BCUT2D eigenvalue weighted by Gasteiger charge is 2.36. The lowest BCUT2D eigenvalue weighted by Gasteiger charge is -2.38. The molecule has 2 aliphatic rings. The lowest BCUT2D eigenvalue weighted by atomic mass is 10.0. The molecule has 2 fully saturated rings. The van der Waals surface area contributed by atoms with Crippen LogP contribution in [-0.4, -0.2) is 59.1 Å². The van der Waals surface area contributed by atoms with Gasteiger partial charge in [-0.15, -0.1) is 0 Å². The summed E-state index contributed by atoms with van der Waals surface area (Å²) in [6.07, 6.45) is 8.10. The lowest BCUT2D eigenvalue weighted by Crippen LogP contribution is -2.48. The SMILES string of the molecule is CCCCCN1CCC(N2CCCC2C(=O)O)CC1. The first kappa shape index (κ1) is 14.8. The minimum absolute atomic E-state index is 0.211. The van der Waals surface area contributed by atoms with Crippen LogP contribution >= 0.6 is 0 Å². The third-order valence-electron chi connectivity index (χ3n) is 4.68. The highest BCUT2D eigenvalue weighted by Crippen LogP contribution is 2.26. The molecule has 1 N–H and O–H groups in total. The number of hydrogen-bond acceptors (Lipinski definition) is 3. The van der Waals surface area contributed by atoms with Crippen LogP contribution in [0.1, 0.15) is 51.9 Å². The summed E-state index contributed by atoms with van der Waals surface area (Å²) in [5, 5.41) is 9.26. The van der Waals surface area contributed by atoms with E-state index in [0.717, 1.165) is 45.3 Å². The maximum Gasteiger partial charge on any atom is 0.320 e. The Morgan fingerprint density at radius 3 is 2.53 bits per heavy atom. The molecule has 0 saturated carbocycles. The van der Waals surface area contributed by atoms with Crippen LogP contribution in [0.2, 0.25) is 0 Å². The Hall–Kier alpha value is -0.610. The van der Waals surface area contributed by atoms with Crippen LogP contribution in [0.4, 0.5) is 0 Å². The van der Waals surface area contributed by atoms with Gasteiger partial charge in [0.2, 0.25) is 0 Å². The average molecular weight is 268 g/mol. The summed E-state index contributed by atoms with van der Waals surface area (Å²) >= 11 is 0. The topological polar surface area (TPSA) is 43.8 Å². The molecule has 19 heavy (non-hydrogen) atoms. The van der Waals surface area contributed by atoms with Crippen LogP contribution in [0.5, 0.6) is 0 Å². The first-order valence-corrected chi connectivity index (χ1v) is 7.93. The van der Waals surface area contributed by atoms with Gasteiger partial charge in [-0.3, -0.25) is 9.69 Å². The first-order valence-electron chi connectivity index (χ1n) is 7.93. The second-order valence-electron chi connectivity index (χ2n) is 6.01. The molecule has 4 nitrogen and oxygen atoms in total. The van der Waals surface area contributed by atoms with Gasteiger partial charge < -0.3 is 10.0 Å². The number of carbonyl (C=O) groups is 1. The number of piperidine rings is 1. The van der Waals surface area contributed by atoms with Crippen molar-refractivity contribution in [1.29, 1.82) is 0 Å². The second-order valence-corrected chi connectivity index (χ2v) is 6.01. The van der Waals surface area contributed by atoms with E-state index < -0.39 is 5.97 Å². The molecule has 0 radical (unpaired) electrons. The van der Waals surface area contributed by atoms with E-state index in [1.807, 2.05) is 0 Å². The molecule has 0 amide bonds. The van der Waals surface area contributed by atoms with Crippen molar-refractivity contribution >= 4 is 5.97 Å². The van der Waals surface area contributed by atoms with Gasteiger partial charge in [-0.1, -0.05) is 19.8 Å². The minimum Gasteiger partial charge on any atom is -0.480 e. The number of rotatable bonds is 6. The quantitative estimate of drug-likeness (QED) is 0.750. The van der Waals surface area contributed by atoms with E-state index in [1.165, 1.54) is 25.8 Å². The molecule has 4 heteroatoms. The largest absolute Gasteiger partial charge is 0.480 e. The van der Waals surface area contributed by atoms with Gasteiger partial charge in [0.05, 0.1) is 0 Å². The fraction of sp³-hybridized carbons (Fsp3) is 0.933. The van der Waals surface area contributed by atoms with Gasteiger partial charge in [-0.2, -0.15) is 0 Å². The standard InChI is InChI=1S/C15H28N2O2/c1-2-3-4-9-16-11-7-13(8-12-16)17-10-5-6-14(17)15(18)19/h13-14H,2-12H2,1H3,(H,18,19). The van der Waals surface area contributed by atoms with Crippen LogP contribution in [0, 0.1) is 0 Å². The molecular formula is C15H28N2O2. The summed E-state index contributed by atoms with van der Waals surface area (Å²) in [4.78, 5) is 16.1. The molecular weight excluding hydrogens is 240 g/mol. The van der Waals surface area contributed by atoms with E-state index in [1.54, 1.807) is 0 Å². The fourth-order valence-electron chi connectivity index (χ4n) is 3.55. The summed E-state index contributed by atoms with van der Waals surface area (Å²) in [5.74, 6) is -0.622. The average Bonchev–Trinajstić information content (AvgIpc) is 2.89. The van der Waals surface area contributed by atoms with Crippen LogP contribution in [0.15, 0.2) is 0 Å². The van der Waals surface area contributed by atoms with Gasteiger partial charge in [-0.25, -0.2) is 0 Å². The van der Waals surface area contributed by atoms with Crippen LogP contribution < -0.4 is 0 Å². The van der Waals surface area contributed by atoms with Gasteiger partial charge in [0.15, 0.2) is 0 Å². The molecule has 0 aromatic carbocycles. The summed E-state index contributed by atoms with van der Waals surface area (Å²) in [7, 11) is 0. The van der Waals surface area contributed by atoms with Crippen molar-refractivity contribution in [3.05, 3.63) is 0 Å². The molecule has 2 aliphatic heterocycles. The number of nitrogens with zero attached hydrogens (tertiary/aromatic N) is 2. The Kier molecular flexibility index (Phi) is 5.64. The first-order chi connectivity index (χ1) is 9.22. The number of unbranched alkanes of at least 4 members (excludes halogenated alkanes) is 2. The fourth-order valence-corrected chi connectivity index (χ4v) is 3.55. The number of hydrogen-bond donors (Lipinski definition) is 1. The van der Waals surface area contributed by atoms with Crippen molar-refractivity contribution in [3.63, 3.8) is 0 Å². The number of aliphatic carboxylic acids is 1. The summed E-state index contributed by atoms with van der Waals surface area (Å²) in [6, 6.07) is 0.294. The summed E-state index contributed by atoms with van der Waals surface area (Å²) in [5.41, 5.74) is 0. The Morgan fingerprint density at radius 1 is 1.16 bits per heavy atom. The molecule has 1 unspecified atom stereocenters. The Balaban J connectivity index is 1.75. The van der Waals surface area contributed by atoms with Crippen molar-refractivity contribution in [2.75, 3.05) is 26.2 Å². The van der Waals surface area contributed by atoms with Crippen molar-refractivity contribution < 1.29 is 9.90 Å².